The molecule has 0 aliphatic carbocycles. The highest BCUT2D eigenvalue weighted by Crippen LogP contribution is 2.25. The summed E-state index contributed by atoms with van der Waals surface area (Å²) in [6, 6.07) is 18.6. The second-order valence-electron chi connectivity index (χ2n) is 6.89. The molecule has 1 aromatic heterocycles. The summed E-state index contributed by atoms with van der Waals surface area (Å²) in [5.41, 5.74) is 2.55. The van der Waals surface area contributed by atoms with E-state index in [0.717, 1.165) is 11.1 Å². The number of rotatable bonds is 8. The predicted molar refractivity (Wildman–Crippen MR) is 115 cm³/mol. The number of aromatic nitrogens is 1. The second kappa shape index (κ2) is 10.0. The van der Waals surface area contributed by atoms with Gasteiger partial charge in [-0.25, -0.2) is 0 Å². The molecule has 3 rings (SSSR count). The van der Waals surface area contributed by atoms with Crippen LogP contribution in [0.2, 0.25) is 5.02 Å². The van der Waals surface area contributed by atoms with Crippen LogP contribution in [-0.2, 0) is 6.61 Å². The van der Waals surface area contributed by atoms with E-state index in [1.165, 1.54) is 0 Å². The Hall–Kier alpha value is -2.89. The molecule has 1 N–H and O–H groups in total. The summed E-state index contributed by atoms with van der Waals surface area (Å²) >= 11 is 6.33. The Bertz CT molecular complexity index is 930. The summed E-state index contributed by atoms with van der Waals surface area (Å²) in [4.78, 5) is 18.7. The largest absolute Gasteiger partial charge is 0.489 e. The van der Waals surface area contributed by atoms with Gasteiger partial charge in [0.05, 0.1) is 6.04 Å². The van der Waals surface area contributed by atoms with Gasteiger partial charge in [0.15, 0.2) is 0 Å². The lowest BCUT2D eigenvalue weighted by molar-refractivity contribution is 0.0942. The number of pyridine rings is 1. The molecule has 5 nitrogen and oxygen atoms in total. The molecule has 150 valence electrons. The molecule has 0 bridgehead atoms. The molecule has 0 spiro atoms. The maximum Gasteiger partial charge on any atom is 0.251 e. The van der Waals surface area contributed by atoms with Crippen LogP contribution in [0, 0.1) is 0 Å². The molecule has 6 heteroatoms. The van der Waals surface area contributed by atoms with Crippen LogP contribution in [0.25, 0.3) is 0 Å². The van der Waals surface area contributed by atoms with Crippen molar-refractivity contribution in [3.8, 4) is 5.75 Å². The molecule has 29 heavy (non-hydrogen) atoms. The highest BCUT2D eigenvalue weighted by atomic mass is 35.5. The van der Waals surface area contributed by atoms with Crippen molar-refractivity contribution in [2.24, 2.45) is 0 Å². The first-order valence-electron chi connectivity index (χ1n) is 9.35. The van der Waals surface area contributed by atoms with E-state index in [4.69, 9.17) is 16.3 Å². The van der Waals surface area contributed by atoms with E-state index >= 15 is 0 Å². The minimum absolute atomic E-state index is 0.0188. The topological polar surface area (TPSA) is 54.5 Å². The van der Waals surface area contributed by atoms with Gasteiger partial charge in [0.2, 0.25) is 0 Å². The molecule has 1 heterocycles. The summed E-state index contributed by atoms with van der Waals surface area (Å²) in [6.45, 7) is 0.885. The number of benzene rings is 2. The lowest BCUT2D eigenvalue weighted by atomic mass is 10.1. The van der Waals surface area contributed by atoms with Crippen molar-refractivity contribution in [2.45, 2.75) is 12.6 Å². The van der Waals surface area contributed by atoms with E-state index in [0.29, 0.717) is 29.5 Å². The lowest BCUT2D eigenvalue weighted by Crippen LogP contribution is -2.34. The van der Waals surface area contributed by atoms with Crippen molar-refractivity contribution in [2.75, 3.05) is 20.6 Å². The van der Waals surface area contributed by atoms with Crippen LogP contribution in [0.15, 0.2) is 73.1 Å². The zero-order valence-corrected chi connectivity index (χ0v) is 17.3. The number of halogens is 1. The third kappa shape index (κ3) is 5.79. The monoisotopic (exact) mass is 409 g/mol. The van der Waals surface area contributed by atoms with Gasteiger partial charge in [-0.1, -0.05) is 35.9 Å². The van der Waals surface area contributed by atoms with Gasteiger partial charge in [0.1, 0.15) is 12.4 Å². The molecule has 0 radical (unpaired) electrons. The minimum Gasteiger partial charge on any atom is -0.489 e. The molecule has 0 fully saturated rings. The van der Waals surface area contributed by atoms with E-state index in [1.54, 1.807) is 36.7 Å². The molecule has 0 aliphatic heterocycles. The van der Waals surface area contributed by atoms with Gasteiger partial charge in [-0.3, -0.25) is 9.78 Å². The number of amides is 1. The molecule has 1 unspecified atom stereocenters. The number of nitrogens with one attached hydrogen (secondary N) is 1. The Morgan fingerprint density at radius 2 is 1.86 bits per heavy atom. The molecule has 2 aromatic carbocycles. The lowest BCUT2D eigenvalue weighted by Gasteiger charge is -2.26. The average molecular weight is 410 g/mol. The second-order valence-corrected chi connectivity index (χ2v) is 7.29. The standard InChI is InChI=1S/C23H24ClN3O2/c1-27(2)22(20-7-3-4-8-21(20)24)15-26-23(28)18-9-11-19(12-10-18)29-16-17-6-5-13-25-14-17/h3-14,22H,15-16H2,1-2H3,(H,26,28). The van der Waals surface area contributed by atoms with Gasteiger partial charge in [0, 0.05) is 35.1 Å². The van der Waals surface area contributed by atoms with Crippen molar-refractivity contribution in [1.29, 1.82) is 0 Å². The number of nitrogens with zero attached hydrogens (tertiary/aromatic N) is 2. The van der Waals surface area contributed by atoms with E-state index in [-0.39, 0.29) is 11.9 Å². The molecule has 1 amide bonds. The Labute approximate surface area is 176 Å². The summed E-state index contributed by atoms with van der Waals surface area (Å²) in [5, 5.41) is 3.69. The molecule has 1 atom stereocenters. The van der Waals surface area contributed by atoms with Crippen molar-refractivity contribution in [3.63, 3.8) is 0 Å². The molecule has 3 aromatic rings. The molecule has 0 saturated carbocycles. The smallest absolute Gasteiger partial charge is 0.251 e. The number of ether oxygens (including phenoxy) is 1. The number of carbonyl (C=O) groups excluding carboxylic acids is 1. The van der Waals surface area contributed by atoms with Crippen molar-refractivity contribution in [1.82, 2.24) is 15.2 Å². The average Bonchev–Trinajstić information content (AvgIpc) is 2.74. The van der Waals surface area contributed by atoms with E-state index < -0.39 is 0 Å². The van der Waals surface area contributed by atoms with E-state index in [9.17, 15) is 4.79 Å². The van der Waals surface area contributed by atoms with Crippen molar-refractivity contribution >= 4 is 17.5 Å². The quantitative estimate of drug-likeness (QED) is 0.601. The number of likely N-dealkylation sites (N-methyl/N-ethyl adjacent to an activating group) is 1. The van der Waals surface area contributed by atoms with Crippen LogP contribution in [-0.4, -0.2) is 36.4 Å². The first kappa shape index (κ1) is 20.8. The normalized spacial score (nSPS) is 11.9. The predicted octanol–water partition coefficient (Wildman–Crippen LogP) is 4.35. The Balaban J connectivity index is 1.58. The number of carbonyl (C=O) groups is 1. The zero-order valence-electron chi connectivity index (χ0n) is 16.5. The molecular formula is C23H24ClN3O2. The van der Waals surface area contributed by atoms with Gasteiger partial charge < -0.3 is 15.0 Å². The fourth-order valence-electron chi connectivity index (χ4n) is 2.96. The van der Waals surface area contributed by atoms with E-state index in [1.807, 2.05) is 55.4 Å². The third-order valence-electron chi connectivity index (χ3n) is 4.59. The van der Waals surface area contributed by atoms with Gasteiger partial charge in [-0.2, -0.15) is 0 Å². The molecular weight excluding hydrogens is 386 g/mol. The maximum atomic E-state index is 12.6. The van der Waals surface area contributed by atoms with Crippen LogP contribution >= 0.6 is 11.6 Å². The van der Waals surface area contributed by atoms with Crippen LogP contribution in [0.3, 0.4) is 0 Å². The Morgan fingerprint density at radius 1 is 1.10 bits per heavy atom. The van der Waals surface area contributed by atoms with Crippen LogP contribution in [0.4, 0.5) is 0 Å². The zero-order chi connectivity index (χ0) is 20.6. The van der Waals surface area contributed by atoms with Gasteiger partial charge in [-0.15, -0.1) is 0 Å². The van der Waals surface area contributed by atoms with Gasteiger partial charge >= 0.3 is 0 Å². The Kier molecular flexibility index (Phi) is 7.22. The van der Waals surface area contributed by atoms with Crippen molar-refractivity contribution < 1.29 is 9.53 Å². The van der Waals surface area contributed by atoms with Crippen molar-refractivity contribution in [3.05, 3.63) is 94.8 Å². The number of hydrogen-bond donors (Lipinski definition) is 1. The third-order valence-corrected chi connectivity index (χ3v) is 4.93. The molecule has 0 aliphatic rings. The van der Waals surface area contributed by atoms with Crippen LogP contribution < -0.4 is 10.1 Å². The van der Waals surface area contributed by atoms with Gasteiger partial charge in [-0.05, 0) is 56.1 Å². The summed E-state index contributed by atoms with van der Waals surface area (Å²) < 4.78 is 5.73. The summed E-state index contributed by atoms with van der Waals surface area (Å²) in [5.74, 6) is 0.565. The first-order chi connectivity index (χ1) is 14.0. The first-order valence-corrected chi connectivity index (χ1v) is 9.73. The van der Waals surface area contributed by atoms with E-state index in [2.05, 4.69) is 10.3 Å². The fraction of sp³-hybridized carbons (Fsp3) is 0.217. The summed E-state index contributed by atoms with van der Waals surface area (Å²) in [7, 11) is 3.93. The molecule has 0 saturated heterocycles. The SMILES string of the molecule is CN(C)C(CNC(=O)c1ccc(OCc2cccnc2)cc1)c1ccccc1Cl. The minimum atomic E-state index is -0.136. The maximum absolute atomic E-state index is 12.6. The van der Waals surface area contributed by atoms with Gasteiger partial charge in [0.25, 0.3) is 5.91 Å². The Morgan fingerprint density at radius 3 is 2.52 bits per heavy atom. The highest BCUT2D eigenvalue weighted by Gasteiger charge is 2.18. The van der Waals surface area contributed by atoms with Crippen LogP contribution in [0.1, 0.15) is 27.5 Å². The van der Waals surface area contributed by atoms with Crippen LogP contribution in [0.5, 0.6) is 5.75 Å². The highest BCUT2D eigenvalue weighted by molar-refractivity contribution is 6.31. The number of hydrogen-bond acceptors (Lipinski definition) is 4. The fourth-order valence-corrected chi connectivity index (χ4v) is 3.22. The summed E-state index contributed by atoms with van der Waals surface area (Å²) in [6.07, 6.45) is 3.49.